The minimum Gasteiger partial charge on any atom is -0.368 e. The van der Waals surface area contributed by atoms with Crippen LogP contribution in [0, 0.1) is 0 Å². The van der Waals surface area contributed by atoms with E-state index in [1.807, 2.05) is 77.7 Å². The van der Waals surface area contributed by atoms with Gasteiger partial charge in [0.2, 0.25) is 5.91 Å². The Morgan fingerprint density at radius 3 is 2.18 bits per heavy atom. The normalized spacial score (nSPS) is 24.1. The van der Waals surface area contributed by atoms with Gasteiger partial charge in [0.25, 0.3) is 5.91 Å². The zero-order valence-electron chi connectivity index (χ0n) is 19.0. The lowest BCUT2D eigenvalue weighted by atomic mass is 9.76. The average Bonchev–Trinajstić information content (AvgIpc) is 3.36. The van der Waals surface area contributed by atoms with Crippen molar-refractivity contribution < 1.29 is 14.3 Å². The van der Waals surface area contributed by atoms with Crippen molar-refractivity contribution in [2.24, 2.45) is 0 Å². The van der Waals surface area contributed by atoms with Crippen LogP contribution in [0.15, 0.2) is 84.9 Å². The highest BCUT2D eigenvalue weighted by Crippen LogP contribution is 2.51. The first-order valence-electron chi connectivity index (χ1n) is 11.9. The Bertz CT molecular complexity index is 1210. The molecule has 2 saturated heterocycles. The van der Waals surface area contributed by atoms with Crippen LogP contribution in [0.5, 0.6) is 0 Å². The molecule has 172 valence electrons. The van der Waals surface area contributed by atoms with Gasteiger partial charge in [-0.15, -0.1) is 0 Å². The van der Waals surface area contributed by atoms with Gasteiger partial charge >= 0.3 is 0 Å². The second-order valence-electron chi connectivity index (χ2n) is 9.04. The standard InChI is InChI=1S/C28H27N3O3/c32-26-24-14-8-7-13-23(24)25(28(31(26)19-20-34-28)21-9-3-1-4-10-21)27(33)30-17-15-29(16-18-30)22-11-5-2-6-12-22/h1-14,25H,15-20H2/t25-,28+/m1/s1. The molecular formula is C28H27N3O3. The van der Waals surface area contributed by atoms with E-state index in [0.717, 1.165) is 24.2 Å². The zero-order chi connectivity index (χ0) is 23.1. The summed E-state index contributed by atoms with van der Waals surface area (Å²) >= 11 is 0. The number of carbonyl (C=O) groups is 2. The van der Waals surface area contributed by atoms with E-state index in [9.17, 15) is 9.59 Å². The number of rotatable bonds is 3. The fourth-order valence-corrected chi connectivity index (χ4v) is 5.72. The number of hydrogen-bond donors (Lipinski definition) is 0. The quantitative estimate of drug-likeness (QED) is 0.610. The molecule has 0 saturated carbocycles. The van der Waals surface area contributed by atoms with Crippen LogP contribution in [0.25, 0.3) is 0 Å². The largest absolute Gasteiger partial charge is 0.368 e. The second-order valence-corrected chi connectivity index (χ2v) is 9.04. The lowest BCUT2D eigenvalue weighted by molar-refractivity contribution is -0.152. The van der Waals surface area contributed by atoms with Crippen molar-refractivity contribution in [3.63, 3.8) is 0 Å². The highest BCUT2D eigenvalue weighted by atomic mass is 16.5. The number of nitrogens with zero attached hydrogens (tertiary/aromatic N) is 3. The summed E-state index contributed by atoms with van der Waals surface area (Å²) in [7, 11) is 0. The Morgan fingerprint density at radius 1 is 0.794 bits per heavy atom. The molecule has 6 heteroatoms. The predicted octanol–water partition coefficient (Wildman–Crippen LogP) is 3.46. The van der Waals surface area contributed by atoms with Crippen LogP contribution in [-0.4, -0.2) is 60.9 Å². The van der Waals surface area contributed by atoms with Crippen LogP contribution in [0.3, 0.4) is 0 Å². The van der Waals surface area contributed by atoms with Gasteiger partial charge < -0.3 is 19.4 Å². The molecule has 3 aromatic carbocycles. The van der Waals surface area contributed by atoms with Crippen molar-refractivity contribution in [2.75, 3.05) is 44.2 Å². The third-order valence-corrected chi connectivity index (χ3v) is 7.32. The lowest BCUT2D eigenvalue weighted by Crippen LogP contribution is -2.59. The topological polar surface area (TPSA) is 53.1 Å². The maximum atomic E-state index is 14.3. The SMILES string of the molecule is O=C([C@H]1c2ccccc2C(=O)N2CCO[C@@]12c1ccccc1)N1CCN(c2ccccc2)CC1. The van der Waals surface area contributed by atoms with Crippen LogP contribution in [0.1, 0.15) is 27.4 Å². The molecule has 3 aliphatic heterocycles. The fourth-order valence-electron chi connectivity index (χ4n) is 5.72. The summed E-state index contributed by atoms with van der Waals surface area (Å²) in [5.74, 6) is -0.673. The van der Waals surface area contributed by atoms with Gasteiger partial charge in [-0.25, -0.2) is 0 Å². The number of ether oxygens (including phenoxy) is 1. The van der Waals surface area contributed by atoms with E-state index in [-0.39, 0.29) is 11.8 Å². The number of hydrogen-bond acceptors (Lipinski definition) is 4. The average molecular weight is 454 g/mol. The summed E-state index contributed by atoms with van der Waals surface area (Å²) < 4.78 is 6.42. The molecule has 3 aliphatic rings. The summed E-state index contributed by atoms with van der Waals surface area (Å²) in [6.07, 6.45) is 0. The van der Waals surface area contributed by atoms with Gasteiger partial charge in [0.1, 0.15) is 5.92 Å². The van der Waals surface area contributed by atoms with Crippen LogP contribution >= 0.6 is 0 Å². The van der Waals surface area contributed by atoms with Crippen molar-refractivity contribution in [1.29, 1.82) is 0 Å². The number of piperazine rings is 1. The molecule has 0 bridgehead atoms. The molecule has 0 unspecified atom stereocenters. The maximum Gasteiger partial charge on any atom is 0.256 e. The summed E-state index contributed by atoms with van der Waals surface area (Å²) in [5.41, 5.74) is 2.25. The molecule has 6 rings (SSSR count). The smallest absolute Gasteiger partial charge is 0.256 e. The third kappa shape index (κ3) is 3.13. The van der Waals surface area contributed by atoms with Gasteiger partial charge in [0, 0.05) is 49.5 Å². The van der Waals surface area contributed by atoms with Crippen LogP contribution in [0.4, 0.5) is 5.69 Å². The molecule has 0 aliphatic carbocycles. The van der Waals surface area contributed by atoms with Gasteiger partial charge in [-0.1, -0.05) is 66.7 Å². The Kier molecular flexibility index (Phi) is 5.11. The number of para-hydroxylation sites is 1. The molecule has 2 amide bonds. The number of benzene rings is 3. The van der Waals surface area contributed by atoms with Crippen molar-refractivity contribution in [3.05, 3.63) is 102 Å². The Hall–Kier alpha value is -3.64. The molecule has 2 atom stereocenters. The minimum atomic E-state index is -1.12. The predicted molar refractivity (Wildman–Crippen MR) is 130 cm³/mol. The van der Waals surface area contributed by atoms with E-state index in [0.29, 0.717) is 31.8 Å². The van der Waals surface area contributed by atoms with E-state index >= 15 is 0 Å². The van der Waals surface area contributed by atoms with E-state index in [1.165, 1.54) is 5.69 Å². The van der Waals surface area contributed by atoms with Crippen LogP contribution in [-0.2, 0) is 15.3 Å². The van der Waals surface area contributed by atoms with Crippen LogP contribution < -0.4 is 4.90 Å². The maximum absolute atomic E-state index is 14.3. The van der Waals surface area contributed by atoms with Crippen LogP contribution in [0.2, 0.25) is 0 Å². The highest BCUT2D eigenvalue weighted by molar-refractivity contribution is 6.02. The Balaban J connectivity index is 1.39. The van der Waals surface area contributed by atoms with Crippen molar-refractivity contribution >= 4 is 17.5 Å². The number of anilines is 1. The summed E-state index contributed by atoms with van der Waals surface area (Å²) in [6.45, 7) is 3.67. The molecule has 3 heterocycles. The first kappa shape index (κ1) is 20.9. The molecular weight excluding hydrogens is 426 g/mol. The molecule has 3 aromatic rings. The zero-order valence-corrected chi connectivity index (χ0v) is 19.0. The Labute approximate surface area is 199 Å². The molecule has 0 N–H and O–H groups in total. The summed E-state index contributed by atoms with van der Waals surface area (Å²) in [5, 5.41) is 0. The first-order chi connectivity index (χ1) is 16.7. The van der Waals surface area contributed by atoms with Gasteiger partial charge in [0.15, 0.2) is 5.72 Å². The molecule has 6 nitrogen and oxygen atoms in total. The van der Waals surface area contributed by atoms with Gasteiger partial charge in [-0.05, 0) is 23.8 Å². The molecule has 0 radical (unpaired) electrons. The summed E-state index contributed by atoms with van der Waals surface area (Å²) in [6, 6.07) is 27.6. The van der Waals surface area contributed by atoms with Crippen molar-refractivity contribution in [1.82, 2.24) is 9.80 Å². The van der Waals surface area contributed by atoms with E-state index < -0.39 is 11.6 Å². The van der Waals surface area contributed by atoms with Gasteiger partial charge in [-0.2, -0.15) is 0 Å². The number of fused-ring (bicyclic) bond motifs is 2. The first-order valence-corrected chi connectivity index (χ1v) is 11.9. The fraction of sp³-hybridized carbons (Fsp3) is 0.286. The molecule has 34 heavy (non-hydrogen) atoms. The van der Waals surface area contributed by atoms with Crippen molar-refractivity contribution in [3.8, 4) is 0 Å². The molecule has 0 spiro atoms. The van der Waals surface area contributed by atoms with E-state index in [4.69, 9.17) is 4.74 Å². The second kappa shape index (κ2) is 8.29. The van der Waals surface area contributed by atoms with E-state index in [2.05, 4.69) is 17.0 Å². The number of amides is 2. The van der Waals surface area contributed by atoms with E-state index in [1.54, 1.807) is 4.90 Å². The van der Waals surface area contributed by atoms with Gasteiger partial charge in [0.05, 0.1) is 6.61 Å². The minimum absolute atomic E-state index is 0.0171. The highest BCUT2D eigenvalue weighted by Gasteiger charge is 2.60. The number of carbonyl (C=O) groups excluding carboxylic acids is 2. The summed E-state index contributed by atoms with van der Waals surface area (Å²) in [4.78, 5) is 33.8. The Morgan fingerprint density at radius 2 is 1.44 bits per heavy atom. The molecule has 0 aromatic heterocycles. The third-order valence-electron chi connectivity index (χ3n) is 7.32. The monoisotopic (exact) mass is 453 g/mol. The lowest BCUT2D eigenvalue weighted by Gasteiger charge is -2.48. The van der Waals surface area contributed by atoms with Crippen molar-refractivity contribution in [2.45, 2.75) is 11.6 Å². The van der Waals surface area contributed by atoms with Gasteiger partial charge in [-0.3, -0.25) is 9.59 Å². The molecule has 2 fully saturated rings.